The maximum absolute atomic E-state index is 14.7. The van der Waals surface area contributed by atoms with Crippen LogP contribution in [0.4, 0.5) is 24.4 Å². The molecule has 34 heavy (non-hydrogen) atoms. The Morgan fingerprint density at radius 3 is 2.26 bits per heavy atom. The van der Waals surface area contributed by atoms with Gasteiger partial charge < -0.3 is 20.8 Å². The zero-order valence-corrected chi connectivity index (χ0v) is 18.4. The lowest BCUT2D eigenvalue weighted by atomic mass is 10.0. The Kier molecular flexibility index (Phi) is 6.69. The Labute approximate surface area is 196 Å². The molecule has 1 heterocycles. The summed E-state index contributed by atoms with van der Waals surface area (Å²) in [6.07, 6.45) is 0.245. The van der Waals surface area contributed by atoms with Gasteiger partial charge in [0.15, 0.2) is 5.13 Å². The van der Waals surface area contributed by atoms with Crippen molar-refractivity contribution in [1.29, 1.82) is 0 Å². The largest absolute Gasteiger partial charge is 0.503 e. The third kappa shape index (κ3) is 5.84. The van der Waals surface area contributed by atoms with Crippen LogP contribution in [0.2, 0.25) is 0 Å². The number of halogens is 2. The Balaban J connectivity index is 0.000000636. The van der Waals surface area contributed by atoms with E-state index in [1.807, 2.05) is 12.1 Å². The normalized spacial score (nSPS) is 12.5. The lowest BCUT2D eigenvalue weighted by Gasteiger charge is -2.08. The van der Waals surface area contributed by atoms with Crippen molar-refractivity contribution in [1.82, 2.24) is 10.3 Å². The van der Waals surface area contributed by atoms with E-state index in [0.29, 0.717) is 38.2 Å². The molecule has 7 nitrogen and oxygen atoms in total. The lowest BCUT2D eigenvalue weighted by molar-refractivity contribution is 0.0950. The molecule has 1 amide bonds. The molecule has 5 rings (SSSR count). The third-order valence-corrected chi connectivity index (χ3v) is 5.89. The summed E-state index contributed by atoms with van der Waals surface area (Å²) in [5, 5.41) is 20.4. The molecule has 1 aromatic heterocycles. The number of aromatic nitrogens is 1. The number of carbonyl (C=O) groups is 2. The van der Waals surface area contributed by atoms with Crippen molar-refractivity contribution in [3.05, 3.63) is 77.9 Å². The van der Waals surface area contributed by atoms with Crippen LogP contribution in [0.25, 0.3) is 21.3 Å². The van der Waals surface area contributed by atoms with Gasteiger partial charge in [-0.2, -0.15) is 0 Å². The summed E-state index contributed by atoms with van der Waals surface area (Å²) in [4.78, 5) is 25.0. The number of anilines is 2. The van der Waals surface area contributed by atoms with Gasteiger partial charge in [0.05, 0.1) is 15.9 Å². The van der Waals surface area contributed by atoms with E-state index in [-0.39, 0.29) is 11.7 Å². The summed E-state index contributed by atoms with van der Waals surface area (Å²) in [6, 6.07) is 16.7. The first-order valence-corrected chi connectivity index (χ1v) is 11.1. The number of thiazole rings is 1. The second-order valence-corrected chi connectivity index (χ2v) is 8.59. The van der Waals surface area contributed by atoms with Crippen LogP contribution in [0.3, 0.4) is 0 Å². The van der Waals surface area contributed by atoms with Crippen molar-refractivity contribution in [2.75, 3.05) is 5.32 Å². The molecular formula is C24H19F2N3O4S. The van der Waals surface area contributed by atoms with Gasteiger partial charge in [0, 0.05) is 11.6 Å². The van der Waals surface area contributed by atoms with Gasteiger partial charge in [-0.3, -0.25) is 4.79 Å². The van der Waals surface area contributed by atoms with Crippen molar-refractivity contribution in [3.8, 4) is 11.1 Å². The van der Waals surface area contributed by atoms with E-state index in [0.717, 1.165) is 18.4 Å². The summed E-state index contributed by atoms with van der Waals surface area (Å²) in [5.74, 6) is -0.830. The van der Waals surface area contributed by atoms with Crippen LogP contribution >= 0.6 is 11.3 Å². The topological polar surface area (TPSA) is 112 Å². The maximum Gasteiger partial charge on any atom is 0.503 e. The van der Waals surface area contributed by atoms with Gasteiger partial charge in [-0.25, -0.2) is 18.6 Å². The average molecular weight is 483 g/mol. The molecule has 0 saturated heterocycles. The molecule has 0 unspecified atom stereocenters. The van der Waals surface area contributed by atoms with E-state index in [9.17, 15) is 13.6 Å². The number of nitrogens with one attached hydrogen (secondary N) is 2. The molecule has 4 aromatic rings. The van der Waals surface area contributed by atoms with Gasteiger partial charge in [-0.15, -0.1) is 0 Å². The second kappa shape index (κ2) is 9.84. The fourth-order valence-corrected chi connectivity index (χ4v) is 4.08. The van der Waals surface area contributed by atoms with Crippen LogP contribution < -0.4 is 10.6 Å². The number of hydrogen-bond acceptors (Lipinski definition) is 5. The first-order chi connectivity index (χ1) is 16.3. The molecule has 0 radical (unpaired) electrons. The van der Waals surface area contributed by atoms with Crippen LogP contribution in [0, 0.1) is 11.6 Å². The molecule has 1 aliphatic carbocycles. The van der Waals surface area contributed by atoms with E-state index < -0.39 is 12.0 Å². The highest BCUT2D eigenvalue weighted by Gasteiger charge is 2.23. The standard InChI is InChI=1S/C23H17F2N3OS.CH2O3/c24-16-6-10-20-21(12-16)30-23(28-20)27-19-9-5-15(11-18(19)25)13-1-3-14(4-2-13)22(29)26-17-7-8-17;2-1(3)4/h1-6,9-12,17H,7-8H2,(H,26,29)(H,27,28);(H2,2,3,4). The maximum atomic E-state index is 14.7. The van der Waals surface area contributed by atoms with Gasteiger partial charge in [0.25, 0.3) is 5.91 Å². The predicted octanol–water partition coefficient (Wildman–Crippen LogP) is 6.10. The molecule has 0 spiro atoms. The zero-order chi connectivity index (χ0) is 24.2. The average Bonchev–Trinajstić information content (AvgIpc) is 3.52. The fourth-order valence-electron chi connectivity index (χ4n) is 3.17. The number of nitrogens with zero attached hydrogens (tertiary/aromatic N) is 1. The molecule has 3 aromatic carbocycles. The van der Waals surface area contributed by atoms with Crippen LogP contribution in [-0.2, 0) is 0 Å². The summed E-state index contributed by atoms with van der Waals surface area (Å²) in [5.41, 5.74) is 3.07. The van der Waals surface area contributed by atoms with E-state index in [1.54, 1.807) is 30.3 Å². The molecule has 1 fully saturated rings. The smallest absolute Gasteiger partial charge is 0.450 e. The molecule has 0 bridgehead atoms. The number of rotatable bonds is 5. The van der Waals surface area contributed by atoms with Crippen LogP contribution in [0.15, 0.2) is 60.7 Å². The first-order valence-electron chi connectivity index (χ1n) is 10.2. The highest BCUT2D eigenvalue weighted by molar-refractivity contribution is 7.22. The van der Waals surface area contributed by atoms with Crippen molar-refractivity contribution < 1.29 is 28.6 Å². The minimum absolute atomic E-state index is 0.0782. The molecule has 1 saturated carbocycles. The van der Waals surface area contributed by atoms with E-state index >= 15 is 0 Å². The van der Waals surface area contributed by atoms with Crippen molar-refractivity contribution in [3.63, 3.8) is 0 Å². The zero-order valence-electron chi connectivity index (χ0n) is 17.6. The minimum atomic E-state index is -1.83. The van der Waals surface area contributed by atoms with Gasteiger partial charge in [-0.05, 0) is 66.4 Å². The highest BCUT2D eigenvalue weighted by Crippen LogP contribution is 2.31. The van der Waals surface area contributed by atoms with Gasteiger partial charge in [-0.1, -0.05) is 29.5 Å². The summed E-state index contributed by atoms with van der Waals surface area (Å²) >= 11 is 1.26. The Hall–Kier alpha value is -4.05. The van der Waals surface area contributed by atoms with Crippen molar-refractivity contribution >= 4 is 44.4 Å². The molecule has 0 atom stereocenters. The number of carbonyl (C=O) groups excluding carboxylic acids is 1. The molecule has 10 heteroatoms. The first kappa shape index (κ1) is 23.1. The fraction of sp³-hybridized carbons (Fsp3) is 0.125. The summed E-state index contributed by atoms with van der Waals surface area (Å²) in [7, 11) is 0. The Morgan fingerprint density at radius 2 is 1.62 bits per heavy atom. The van der Waals surface area contributed by atoms with Crippen LogP contribution in [-0.4, -0.2) is 33.3 Å². The van der Waals surface area contributed by atoms with Gasteiger partial charge in [0.1, 0.15) is 11.6 Å². The van der Waals surface area contributed by atoms with Crippen LogP contribution in [0.5, 0.6) is 0 Å². The molecule has 4 N–H and O–H groups in total. The number of fused-ring (bicyclic) bond motifs is 1. The second-order valence-electron chi connectivity index (χ2n) is 7.56. The van der Waals surface area contributed by atoms with Crippen LogP contribution in [0.1, 0.15) is 23.2 Å². The van der Waals surface area contributed by atoms with Gasteiger partial charge in [0.2, 0.25) is 0 Å². The number of carboxylic acid groups (broad SMARTS) is 2. The van der Waals surface area contributed by atoms with E-state index in [2.05, 4.69) is 15.6 Å². The molecule has 1 aliphatic rings. The van der Waals surface area contributed by atoms with Crippen molar-refractivity contribution in [2.24, 2.45) is 0 Å². The quantitative estimate of drug-likeness (QED) is 0.273. The minimum Gasteiger partial charge on any atom is -0.450 e. The SMILES string of the molecule is O=C(NC1CC1)c1ccc(-c2ccc(Nc3nc4ccc(F)cc4s3)c(F)c2)cc1.O=C(O)O. The predicted molar refractivity (Wildman–Crippen MR) is 126 cm³/mol. The molecule has 0 aliphatic heterocycles. The Morgan fingerprint density at radius 1 is 0.941 bits per heavy atom. The van der Waals surface area contributed by atoms with Crippen molar-refractivity contribution in [2.45, 2.75) is 18.9 Å². The number of amides is 1. The number of hydrogen-bond donors (Lipinski definition) is 4. The van der Waals surface area contributed by atoms with E-state index in [1.165, 1.54) is 29.5 Å². The number of benzene rings is 3. The highest BCUT2D eigenvalue weighted by atomic mass is 32.1. The molecular weight excluding hydrogens is 464 g/mol. The van der Waals surface area contributed by atoms with E-state index in [4.69, 9.17) is 15.0 Å². The molecule has 174 valence electrons. The third-order valence-electron chi connectivity index (χ3n) is 4.95. The Bertz CT molecular complexity index is 1350. The lowest BCUT2D eigenvalue weighted by Crippen LogP contribution is -2.25. The summed E-state index contributed by atoms with van der Waals surface area (Å²) in [6.45, 7) is 0. The summed E-state index contributed by atoms with van der Waals surface area (Å²) < 4.78 is 28.7. The van der Waals surface area contributed by atoms with Gasteiger partial charge >= 0.3 is 6.16 Å². The monoisotopic (exact) mass is 483 g/mol.